The van der Waals surface area contributed by atoms with Gasteiger partial charge < -0.3 is 10.2 Å². The Balaban J connectivity index is 1.50. The maximum absolute atomic E-state index is 13.9. The second kappa shape index (κ2) is 9.29. The van der Waals surface area contributed by atoms with E-state index in [9.17, 15) is 22.0 Å². The van der Waals surface area contributed by atoms with E-state index in [1.165, 1.54) is 34.6 Å². The Bertz CT molecular complexity index is 996. The molecule has 0 radical (unpaired) electrons. The average Bonchev–Trinajstić information content (AvgIpc) is 2.69. The van der Waals surface area contributed by atoms with E-state index in [4.69, 9.17) is 0 Å². The quantitative estimate of drug-likeness (QED) is 0.679. The van der Waals surface area contributed by atoms with E-state index in [0.29, 0.717) is 24.1 Å². The number of anilines is 1. The van der Waals surface area contributed by atoms with Crippen LogP contribution in [-0.4, -0.2) is 56.3 Å². The predicted octanol–water partition coefficient (Wildman–Crippen LogP) is 3.06. The van der Waals surface area contributed by atoms with Gasteiger partial charge in [-0.05, 0) is 30.3 Å². The molecule has 0 aromatic heterocycles. The summed E-state index contributed by atoms with van der Waals surface area (Å²) in [7, 11) is -3.89. The molecule has 1 saturated heterocycles. The number of hydrogen-bond donors (Lipinski definition) is 1. The first-order chi connectivity index (χ1) is 13.8. The summed E-state index contributed by atoms with van der Waals surface area (Å²) in [5.74, 6) is -1.63. The molecule has 1 fully saturated rings. The second-order valence-electron chi connectivity index (χ2n) is 6.60. The Kier molecular flexibility index (Phi) is 6.99. The molecule has 6 nitrogen and oxygen atoms in total. The van der Waals surface area contributed by atoms with Crippen LogP contribution >= 0.6 is 15.9 Å². The number of sulfonamides is 1. The zero-order chi connectivity index (χ0) is 21.0. The molecule has 1 heterocycles. The zero-order valence-electron chi connectivity index (χ0n) is 15.4. The van der Waals surface area contributed by atoms with E-state index in [-0.39, 0.29) is 36.0 Å². The van der Waals surface area contributed by atoms with Crippen molar-refractivity contribution in [3.63, 3.8) is 0 Å². The second-order valence-corrected chi connectivity index (χ2v) is 9.42. The maximum Gasteiger partial charge on any atom is 0.246 e. The minimum absolute atomic E-state index is 0.110. The van der Waals surface area contributed by atoms with Crippen LogP contribution in [0, 0.1) is 11.6 Å². The van der Waals surface area contributed by atoms with E-state index in [1.54, 1.807) is 6.07 Å². The number of hydrogen-bond acceptors (Lipinski definition) is 4. The van der Waals surface area contributed by atoms with Crippen LogP contribution in [-0.2, 0) is 14.8 Å². The van der Waals surface area contributed by atoms with Gasteiger partial charge in [0.15, 0.2) is 0 Å². The lowest BCUT2D eigenvalue weighted by atomic mass is 10.2. The van der Waals surface area contributed by atoms with Crippen LogP contribution in [0.2, 0.25) is 0 Å². The van der Waals surface area contributed by atoms with Crippen molar-refractivity contribution in [2.24, 2.45) is 0 Å². The minimum atomic E-state index is -3.89. The molecule has 3 rings (SSSR count). The Morgan fingerprint density at radius 2 is 1.72 bits per heavy atom. The standard InChI is InChI=1S/C19H20BrF2N3O3S/c20-14-5-6-17(16(22)13-14)23-19(26)7-8-24-9-11-25(12-10-24)29(27,28)18-4-2-1-3-15(18)21/h1-6,13H,7-12H2,(H,23,26). The van der Waals surface area contributed by atoms with Crippen LogP contribution in [0.1, 0.15) is 6.42 Å². The highest BCUT2D eigenvalue weighted by molar-refractivity contribution is 9.10. The summed E-state index contributed by atoms with van der Waals surface area (Å²) in [6.07, 6.45) is 0.148. The Morgan fingerprint density at radius 1 is 1.03 bits per heavy atom. The Labute approximate surface area is 176 Å². The summed E-state index contributed by atoms with van der Waals surface area (Å²) in [6.45, 7) is 1.68. The fraction of sp³-hybridized carbons (Fsp3) is 0.316. The molecule has 2 aromatic carbocycles. The first-order valence-electron chi connectivity index (χ1n) is 8.99. The third-order valence-electron chi connectivity index (χ3n) is 4.65. The van der Waals surface area contributed by atoms with Gasteiger partial charge in [-0.1, -0.05) is 28.1 Å². The van der Waals surface area contributed by atoms with E-state index in [0.717, 1.165) is 6.07 Å². The van der Waals surface area contributed by atoms with E-state index in [1.807, 2.05) is 4.90 Å². The Morgan fingerprint density at radius 3 is 2.38 bits per heavy atom. The van der Waals surface area contributed by atoms with Gasteiger partial charge >= 0.3 is 0 Å². The monoisotopic (exact) mass is 487 g/mol. The molecule has 1 aliphatic rings. The Hall–Kier alpha value is -1.88. The van der Waals surface area contributed by atoms with Crippen molar-refractivity contribution in [2.75, 3.05) is 38.0 Å². The molecule has 29 heavy (non-hydrogen) atoms. The topological polar surface area (TPSA) is 69.7 Å². The lowest BCUT2D eigenvalue weighted by Crippen LogP contribution is -2.49. The van der Waals surface area contributed by atoms with Gasteiger partial charge in [0, 0.05) is 43.6 Å². The third kappa shape index (κ3) is 5.39. The lowest BCUT2D eigenvalue weighted by molar-refractivity contribution is -0.116. The molecule has 156 valence electrons. The van der Waals surface area contributed by atoms with Gasteiger partial charge in [-0.3, -0.25) is 4.79 Å². The highest BCUT2D eigenvalue weighted by atomic mass is 79.9. The minimum Gasteiger partial charge on any atom is -0.324 e. The molecule has 1 N–H and O–H groups in total. The molecule has 2 aromatic rings. The molecule has 0 unspecified atom stereocenters. The largest absolute Gasteiger partial charge is 0.324 e. The molecule has 0 spiro atoms. The molecular formula is C19H20BrF2N3O3S. The van der Waals surface area contributed by atoms with Crippen molar-refractivity contribution in [3.8, 4) is 0 Å². The predicted molar refractivity (Wildman–Crippen MR) is 109 cm³/mol. The highest BCUT2D eigenvalue weighted by Crippen LogP contribution is 2.21. The number of carbonyl (C=O) groups excluding carboxylic acids is 1. The third-order valence-corrected chi connectivity index (χ3v) is 7.07. The van der Waals surface area contributed by atoms with Crippen molar-refractivity contribution in [1.82, 2.24) is 9.21 Å². The van der Waals surface area contributed by atoms with Gasteiger partial charge in [0.25, 0.3) is 0 Å². The number of nitrogens with one attached hydrogen (secondary N) is 1. The average molecular weight is 488 g/mol. The van der Waals surface area contributed by atoms with Crippen molar-refractivity contribution >= 4 is 37.5 Å². The van der Waals surface area contributed by atoms with Crippen molar-refractivity contribution in [1.29, 1.82) is 0 Å². The van der Waals surface area contributed by atoms with Crippen LogP contribution in [0.4, 0.5) is 14.5 Å². The number of nitrogens with zero attached hydrogens (tertiary/aromatic N) is 2. The molecule has 0 atom stereocenters. The molecular weight excluding hydrogens is 468 g/mol. The molecule has 1 aliphatic heterocycles. The van der Waals surface area contributed by atoms with Gasteiger partial charge in [-0.25, -0.2) is 17.2 Å². The van der Waals surface area contributed by atoms with Crippen molar-refractivity contribution < 1.29 is 22.0 Å². The smallest absolute Gasteiger partial charge is 0.246 e. The fourth-order valence-corrected chi connectivity index (χ4v) is 4.87. The number of rotatable bonds is 6. The molecule has 0 saturated carbocycles. The molecule has 1 amide bonds. The summed E-state index contributed by atoms with van der Waals surface area (Å²) in [5, 5.41) is 2.53. The summed E-state index contributed by atoms with van der Waals surface area (Å²) in [5.41, 5.74) is 0.110. The molecule has 0 aliphatic carbocycles. The van der Waals surface area contributed by atoms with Crippen molar-refractivity contribution in [3.05, 3.63) is 58.6 Å². The van der Waals surface area contributed by atoms with Gasteiger partial charge in [0.05, 0.1) is 5.69 Å². The van der Waals surface area contributed by atoms with Crippen LogP contribution in [0.15, 0.2) is 51.8 Å². The SMILES string of the molecule is O=C(CCN1CCN(S(=O)(=O)c2ccccc2F)CC1)Nc1ccc(Br)cc1F. The first-order valence-corrected chi connectivity index (χ1v) is 11.2. The van der Waals surface area contributed by atoms with Gasteiger partial charge in [-0.15, -0.1) is 0 Å². The summed E-state index contributed by atoms with van der Waals surface area (Å²) < 4.78 is 54.7. The number of carbonyl (C=O) groups is 1. The van der Waals surface area contributed by atoms with Crippen LogP contribution in [0.25, 0.3) is 0 Å². The van der Waals surface area contributed by atoms with Crippen LogP contribution in [0.5, 0.6) is 0 Å². The maximum atomic E-state index is 13.9. The van der Waals surface area contributed by atoms with Gasteiger partial charge in [0.2, 0.25) is 15.9 Å². The summed E-state index contributed by atoms with van der Waals surface area (Å²) >= 11 is 3.16. The van der Waals surface area contributed by atoms with Crippen LogP contribution < -0.4 is 5.32 Å². The fourth-order valence-electron chi connectivity index (χ4n) is 3.05. The van der Waals surface area contributed by atoms with Gasteiger partial charge in [-0.2, -0.15) is 4.31 Å². The van der Waals surface area contributed by atoms with Crippen molar-refractivity contribution in [2.45, 2.75) is 11.3 Å². The van der Waals surface area contributed by atoms with E-state index in [2.05, 4.69) is 21.2 Å². The summed E-state index contributed by atoms with van der Waals surface area (Å²) in [6, 6.07) is 9.68. The number of benzene rings is 2. The number of piperazine rings is 1. The highest BCUT2D eigenvalue weighted by Gasteiger charge is 2.30. The summed E-state index contributed by atoms with van der Waals surface area (Å²) in [4.78, 5) is 13.7. The van der Waals surface area contributed by atoms with E-state index < -0.39 is 21.7 Å². The number of amides is 1. The molecule has 0 bridgehead atoms. The lowest BCUT2D eigenvalue weighted by Gasteiger charge is -2.33. The van der Waals surface area contributed by atoms with Gasteiger partial charge in [0.1, 0.15) is 16.5 Å². The van der Waals surface area contributed by atoms with E-state index >= 15 is 0 Å². The zero-order valence-corrected chi connectivity index (χ0v) is 17.8. The number of halogens is 3. The normalized spacial score (nSPS) is 16.0. The van der Waals surface area contributed by atoms with Crippen LogP contribution in [0.3, 0.4) is 0 Å². The molecule has 10 heteroatoms. The first kappa shape index (κ1) is 21.8.